The maximum absolute atomic E-state index is 5.18. The van der Waals surface area contributed by atoms with Crippen molar-refractivity contribution in [1.29, 1.82) is 0 Å². The predicted molar refractivity (Wildman–Crippen MR) is 404 cm³/mol. The van der Waals surface area contributed by atoms with E-state index in [1.807, 2.05) is 0 Å². The summed E-state index contributed by atoms with van der Waals surface area (Å²) >= 11 is 1.26. The van der Waals surface area contributed by atoms with E-state index in [1.165, 1.54) is 79.1 Å². The summed E-state index contributed by atoms with van der Waals surface area (Å²) in [4.78, 5) is 7.53. The van der Waals surface area contributed by atoms with E-state index in [1.54, 1.807) is 0 Å². The Bertz CT molecular complexity index is 5140. The molecule has 15 aromatic carbocycles. The minimum atomic E-state index is -2.70. The zero-order chi connectivity index (χ0) is 63.1. The van der Waals surface area contributed by atoms with Gasteiger partial charge in [-0.25, -0.2) is 0 Å². The number of benzene rings is 15. The summed E-state index contributed by atoms with van der Waals surface area (Å²) in [6, 6.07) is 139. The second-order valence-electron chi connectivity index (χ2n) is 24.1. The molecule has 0 saturated carbocycles. The number of para-hydroxylation sites is 1. The maximum Gasteiger partial charge on any atom is 0.179 e. The topological polar surface area (TPSA) is 34.0 Å². The zero-order valence-corrected chi connectivity index (χ0v) is 54.5. The highest BCUT2D eigenvalue weighted by atomic mass is 32.3. The van der Waals surface area contributed by atoms with E-state index in [9.17, 15) is 0 Å². The van der Waals surface area contributed by atoms with E-state index < -0.39 is 18.1 Å². The summed E-state index contributed by atoms with van der Waals surface area (Å²) in [6.45, 7) is 0. The Hall–Kier alpha value is -11.5. The van der Waals surface area contributed by atoms with Crippen molar-refractivity contribution < 1.29 is 0 Å². The van der Waals surface area contributed by atoms with E-state index in [2.05, 4.69) is 386 Å². The van der Waals surface area contributed by atoms with Crippen molar-refractivity contribution in [3.8, 4) is 39.1 Å². The minimum absolute atomic E-state index is 0.839. The molecule has 0 saturated heterocycles. The van der Waals surface area contributed by atoms with Crippen molar-refractivity contribution >= 4 is 111 Å². The number of fused-ring (bicyclic) bond motifs is 6. The van der Waals surface area contributed by atoms with Crippen molar-refractivity contribution in [3.05, 3.63) is 376 Å². The van der Waals surface area contributed by atoms with E-state index in [0.29, 0.717) is 0 Å². The molecular formula is C88H62N4S2Si. The van der Waals surface area contributed by atoms with Gasteiger partial charge in [0.2, 0.25) is 0 Å². The van der Waals surface area contributed by atoms with Gasteiger partial charge in [-0.1, -0.05) is 273 Å². The van der Waals surface area contributed by atoms with Gasteiger partial charge in [-0.3, -0.25) is 0 Å². The Morgan fingerprint density at radius 1 is 0.305 bits per heavy atom. The van der Waals surface area contributed by atoms with Gasteiger partial charge in [0.25, 0.3) is 0 Å². The van der Waals surface area contributed by atoms with Gasteiger partial charge in [-0.15, -0.1) is 10.0 Å². The van der Waals surface area contributed by atoms with Crippen LogP contribution in [0.3, 0.4) is 0 Å². The second-order valence-corrected chi connectivity index (χ2v) is 31.6. The average molecular weight is 1270 g/mol. The highest BCUT2D eigenvalue weighted by Crippen LogP contribution is 2.73. The first-order valence-electron chi connectivity index (χ1n) is 32.3. The van der Waals surface area contributed by atoms with Crippen LogP contribution in [-0.4, -0.2) is 21.4 Å². The van der Waals surface area contributed by atoms with E-state index in [4.69, 9.17) is 8.75 Å². The summed E-state index contributed by atoms with van der Waals surface area (Å²) in [6.07, 6.45) is 0. The van der Waals surface area contributed by atoms with Crippen molar-refractivity contribution in [1.82, 2.24) is 13.3 Å². The van der Waals surface area contributed by atoms with E-state index in [-0.39, 0.29) is 0 Å². The quantitative estimate of drug-likeness (QED) is 0.0758. The van der Waals surface area contributed by atoms with Crippen LogP contribution in [0.1, 0.15) is 0 Å². The molecule has 450 valence electrons. The molecule has 0 bridgehead atoms. The first-order valence-corrected chi connectivity index (χ1v) is 36.6. The smallest absolute Gasteiger partial charge is 0.179 e. The van der Waals surface area contributed by atoms with Gasteiger partial charge in [-0.2, -0.15) is 8.75 Å². The predicted octanol–water partition coefficient (Wildman–Crippen LogP) is 21.1. The Labute approximate surface area is 560 Å². The summed E-state index contributed by atoms with van der Waals surface area (Å²) < 4.78 is 12.8. The number of rotatable bonds is 15. The van der Waals surface area contributed by atoms with Gasteiger partial charge in [-0.05, 0) is 157 Å². The molecule has 0 N–H and O–H groups in total. The lowest BCUT2D eigenvalue weighted by Gasteiger charge is -2.42. The lowest BCUT2D eigenvalue weighted by atomic mass is 10.00. The average Bonchev–Trinajstić information content (AvgIpc) is 1.72. The molecule has 17 aromatic rings. The van der Waals surface area contributed by atoms with Gasteiger partial charge in [0.05, 0.1) is 28.4 Å². The summed E-state index contributed by atoms with van der Waals surface area (Å²) in [5.41, 5.74) is 14.8. The lowest BCUT2D eigenvalue weighted by molar-refractivity contribution is 1.19. The SMILES string of the molecule is c1ccc(-n2c3cc(-c4ccc(N(c5ccc(-c6ccc([Si](c7ccccc7)(c7ccccc7)c7ccccc7)cc6)cc5)c5ccc(-c6ccc(S(c7ccccc7)(c7ccccc7)c7ccccc7)cc6)cc5)c5nsnc45)ccc3c3ccc4ccccc4c32)cc1. The minimum Gasteiger partial charge on any atom is -0.309 e. The van der Waals surface area contributed by atoms with Crippen molar-refractivity contribution in [2.75, 3.05) is 4.90 Å². The summed E-state index contributed by atoms with van der Waals surface area (Å²) in [7, 11) is -4.54. The highest BCUT2D eigenvalue weighted by Gasteiger charge is 2.41. The van der Waals surface area contributed by atoms with Crippen molar-refractivity contribution in [2.24, 2.45) is 0 Å². The molecule has 0 radical (unpaired) electrons. The lowest BCUT2D eigenvalue weighted by Crippen LogP contribution is -2.74. The van der Waals surface area contributed by atoms with Crippen LogP contribution in [0.15, 0.2) is 396 Å². The summed E-state index contributed by atoms with van der Waals surface area (Å²) in [5.74, 6) is 0. The molecule has 0 fully saturated rings. The molecule has 4 nitrogen and oxygen atoms in total. The van der Waals surface area contributed by atoms with Crippen LogP contribution in [0.4, 0.5) is 17.1 Å². The van der Waals surface area contributed by atoms with Crippen molar-refractivity contribution in [2.45, 2.75) is 19.6 Å². The molecule has 2 aromatic heterocycles. The third-order valence-corrected chi connectivity index (χ3v) is 28.2. The van der Waals surface area contributed by atoms with Crippen LogP contribution >= 0.6 is 21.8 Å². The highest BCUT2D eigenvalue weighted by molar-refractivity contribution is 8.34. The Morgan fingerprint density at radius 2 is 0.705 bits per heavy atom. The molecule has 0 spiro atoms. The largest absolute Gasteiger partial charge is 0.309 e. The van der Waals surface area contributed by atoms with Gasteiger partial charge in [0, 0.05) is 58.4 Å². The molecule has 0 amide bonds. The Balaban J connectivity index is 0.774. The number of aromatic nitrogens is 3. The van der Waals surface area contributed by atoms with E-state index >= 15 is 0 Å². The maximum atomic E-state index is 5.18. The number of hydrogen-bond acceptors (Lipinski definition) is 4. The third kappa shape index (κ3) is 9.90. The first kappa shape index (κ1) is 57.4. The monoisotopic (exact) mass is 1270 g/mol. The third-order valence-electron chi connectivity index (χ3n) is 19.0. The fourth-order valence-corrected chi connectivity index (χ4v) is 23.8. The molecule has 95 heavy (non-hydrogen) atoms. The molecule has 0 aliphatic rings. The number of nitrogens with zero attached hydrogens (tertiary/aromatic N) is 4. The van der Waals surface area contributed by atoms with Crippen molar-refractivity contribution in [3.63, 3.8) is 0 Å². The van der Waals surface area contributed by atoms with Gasteiger partial charge < -0.3 is 9.47 Å². The van der Waals surface area contributed by atoms with Crippen LogP contribution in [0.2, 0.25) is 0 Å². The summed E-state index contributed by atoms with van der Waals surface area (Å²) in [5, 5.41) is 10.3. The Morgan fingerprint density at radius 3 is 1.22 bits per heavy atom. The molecule has 0 aliphatic carbocycles. The van der Waals surface area contributed by atoms with Crippen LogP contribution in [-0.2, 0) is 0 Å². The first-order chi connectivity index (χ1) is 47.1. The standard InChI is InChI=1S/C88H62N4S2Si/c1-8-25-69(26-9-1)92-85-62-68(49-58-82(85)83-59-48-67-24-22-23-39-81(67)88(83)92)80-60-61-84(87-86(80)89-93-90-87)91(70-50-40-63(41-51-70)65-44-54-75(55-45-65)94(72-27-10-2-11-28-72,73-29-12-3-13-30-73)74-31-14-4-15-32-74)71-52-42-64(43-53-71)66-46-56-79(57-47-66)95(76-33-16-5-17-34-76,77-35-18-6-19-36-77)78-37-20-7-21-38-78/h1-62H. The van der Waals surface area contributed by atoms with Gasteiger partial charge in [0.1, 0.15) is 11.0 Å². The molecule has 17 rings (SSSR count). The fraction of sp³-hybridized carbons (Fsp3) is 0. The number of anilines is 3. The molecule has 7 heteroatoms. The Kier molecular flexibility index (Phi) is 14.8. The zero-order valence-electron chi connectivity index (χ0n) is 51.9. The van der Waals surface area contributed by atoms with Crippen LogP contribution in [0.25, 0.3) is 82.7 Å². The van der Waals surface area contributed by atoms with Crippen LogP contribution in [0.5, 0.6) is 0 Å². The van der Waals surface area contributed by atoms with E-state index in [0.717, 1.165) is 72.7 Å². The molecule has 2 heterocycles. The van der Waals surface area contributed by atoms with Gasteiger partial charge >= 0.3 is 0 Å². The molecular weight excluding hydrogens is 1210 g/mol. The normalized spacial score (nSPS) is 12.0. The van der Waals surface area contributed by atoms with Crippen LogP contribution < -0.4 is 25.6 Å². The van der Waals surface area contributed by atoms with Crippen LogP contribution in [0, 0.1) is 0 Å². The number of hydrogen-bond donors (Lipinski definition) is 0. The molecule has 0 atom stereocenters. The molecule has 0 aliphatic heterocycles. The van der Waals surface area contributed by atoms with Gasteiger partial charge in [0.15, 0.2) is 8.07 Å². The second kappa shape index (κ2) is 24.5. The fourth-order valence-electron chi connectivity index (χ4n) is 14.6. The molecule has 0 unspecified atom stereocenters.